The number of aliphatic hydroxyl groups is 1. The number of aromatic carboxylic acids is 1. The van der Waals surface area contributed by atoms with Gasteiger partial charge in [0.1, 0.15) is 12.1 Å². The Morgan fingerprint density at radius 3 is 3.00 bits per heavy atom. The maximum Gasteiger partial charge on any atom is 0.354 e. The molecule has 0 amide bonds. The molecule has 0 aliphatic carbocycles. The van der Waals surface area contributed by atoms with E-state index >= 15 is 0 Å². The molecule has 0 bridgehead atoms. The van der Waals surface area contributed by atoms with Gasteiger partial charge in [-0.25, -0.2) is 14.8 Å². The summed E-state index contributed by atoms with van der Waals surface area (Å²) >= 11 is 0. The van der Waals surface area contributed by atoms with Crippen molar-refractivity contribution in [3.8, 4) is 0 Å². The summed E-state index contributed by atoms with van der Waals surface area (Å²) in [7, 11) is 0. The quantitative estimate of drug-likeness (QED) is 0.741. The number of nitrogens with zero attached hydrogens (tertiary/aromatic N) is 3. The molecule has 2 rings (SSSR count). The molecule has 86 valence electrons. The average molecular weight is 223 g/mol. The number of carboxylic acid groups (broad SMARTS) is 1. The first-order chi connectivity index (χ1) is 7.66. The first-order valence-corrected chi connectivity index (χ1v) is 5.15. The van der Waals surface area contributed by atoms with Crippen LogP contribution in [0.1, 0.15) is 23.3 Å². The summed E-state index contributed by atoms with van der Waals surface area (Å²) in [5.74, 6) is -0.507. The molecule has 1 fully saturated rings. The van der Waals surface area contributed by atoms with Gasteiger partial charge in [-0.2, -0.15) is 0 Å². The van der Waals surface area contributed by atoms with Crippen LogP contribution in [0.4, 0.5) is 5.82 Å². The molecule has 1 aromatic heterocycles. The lowest BCUT2D eigenvalue weighted by atomic mass is 10.1. The fourth-order valence-electron chi connectivity index (χ4n) is 1.80. The number of anilines is 1. The fourth-order valence-corrected chi connectivity index (χ4v) is 1.80. The Labute approximate surface area is 92.6 Å². The summed E-state index contributed by atoms with van der Waals surface area (Å²) in [6, 6.07) is 1.43. The van der Waals surface area contributed by atoms with Crippen LogP contribution in [0.5, 0.6) is 0 Å². The zero-order valence-electron chi connectivity index (χ0n) is 8.70. The minimum absolute atomic E-state index is 0.0231. The highest BCUT2D eigenvalue weighted by Crippen LogP contribution is 2.17. The molecule has 1 saturated heterocycles. The topological polar surface area (TPSA) is 86.5 Å². The van der Waals surface area contributed by atoms with Crippen LogP contribution in [0.2, 0.25) is 0 Å². The summed E-state index contributed by atoms with van der Waals surface area (Å²) in [5, 5.41) is 18.3. The number of hydrogen-bond donors (Lipinski definition) is 2. The smallest absolute Gasteiger partial charge is 0.354 e. The largest absolute Gasteiger partial charge is 0.477 e. The van der Waals surface area contributed by atoms with Crippen molar-refractivity contribution in [2.75, 3.05) is 18.0 Å². The van der Waals surface area contributed by atoms with E-state index in [0.29, 0.717) is 12.4 Å². The molecule has 1 aliphatic rings. The third-order valence-corrected chi connectivity index (χ3v) is 2.59. The van der Waals surface area contributed by atoms with Crippen molar-refractivity contribution in [2.24, 2.45) is 0 Å². The Bertz CT molecular complexity index is 397. The lowest BCUT2D eigenvalue weighted by molar-refractivity contribution is 0.0690. The van der Waals surface area contributed by atoms with E-state index in [1.807, 2.05) is 4.90 Å². The van der Waals surface area contributed by atoms with Crippen LogP contribution in [0.15, 0.2) is 12.4 Å². The van der Waals surface area contributed by atoms with Crippen molar-refractivity contribution in [1.29, 1.82) is 0 Å². The van der Waals surface area contributed by atoms with E-state index in [9.17, 15) is 9.90 Å². The van der Waals surface area contributed by atoms with Gasteiger partial charge in [-0.1, -0.05) is 0 Å². The molecule has 6 nitrogen and oxygen atoms in total. The van der Waals surface area contributed by atoms with Crippen molar-refractivity contribution < 1.29 is 15.0 Å². The van der Waals surface area contributed by atoms with Gasteiger partial charge < -0.3 is 15.1 Å². The summed E-state index contributed by atoms with van der Waals surface area (Å²) in [5.41, 5.74) is -0.0231. The number of rotatable bonds is 2. The van der Waals surface area contributed by atoms with E-state index in [0.717, 1.165) is 19.4 Å². The third-order valence-electron chi connectivity index (χ3n) is 2.59. The molecule has 1 atom stereocenters. The van der Waals surface area contributed by atoms with Crippen LogP contribution in [0.25, 0.3) is 0 Å². The Hall–Kier alpha value is -1.69. The standard InChI is InChI=1S/C10H13N3O3/c14-7-2-1-3-13(5-7)9-4-8(10(15)16)11-6-12-9/h4,6-7,14H,1-3,5H2,(H,15,16)/t7-/m0/s1. The maximum atomic E-state index is 10.7. The van der Waals surface area contributed by atoms with E-state index in [1.165, 1.54) is 12.4 Å². The zero-order chi connectivity index (χ0) is 11.5. The summed E-state index contributed by atoms with van der Waals surface area (Å²) < 4.78 is 0. The van der Waals surface area contributed by atoms with Crippen LogP contribution in [0, 0.1) is 0 Å². The molecule has 0 radical (unpaired) electrons. The van der Waals surface area contributed by atoms with Gasteiger partial charge in [0.25, 0.3) is 0 Å². The Kier molecular flexibility index (Phi) is 3.00. The highest BCUT2D eigenvalue weighted by molar-refractivity contribution is 5.86. The molecule has 0 aromatic carbocycles. The Balaban J connectivity index is 2.19. The summed E-state index contributed by atoms with van der Waals surface area (Å²) in [6.45, 7) is 1.28. The molecular weight excluding hydrogens is 210 g/mol. The minimum Gasteiger partial charge on any atom is -0.477 e. The van der Waals surface area contributed by atoms with Gasteiger partial charge in [-0.05, 0) is 12.8 Å². The van der Waals surface area contributed by atoms with E-state index in [1.54, 1.807) is 0 Å². The van der Waals surface area contributed by atoms with Crippen molar-refractivity contribution in [3.63, 3.8) is 0 Å². The first-order valence-electron chi connectivity index (χ1n) is 5.15. The van der Waals surface area contributed by atoms with Gasteiger partial charge >= 0.3 is 5.97 Å². The van der Waals surface area contributed by atoms with E-state index < -0.39 is 5.97 Å². The van der Waals surface area contributed by atoms with Crippen molar-refractivity contribution in [3.05, 3.63) is 18.1 Å². The van der Waals surface area contributed by atoms with E-state index in [2.05, 4.69) is 9.97 Å². The molecule has 2 N–H and O–H groups in total. The number of carboxylic acids is 1. The molecule has 6 heteroatoms. The van der Waals surface area contributed by atoms with Crippen LogP contribution < -0.4 is 4.90 Å². The van der Waals surface area contributed by atoms with Crippen LogP contribution in [-0.4, -0.2) is 45.3 Å². The second kappa shape index (κ2) is 4.44. The van der Waals surface area contributed by atoms with Crippen molar-refractivity contribution in [1.82, 2.24) is 9.97 Å². The highest BCUT2D eigenvalue weighted by atomic mass is 16.4. The van der Waals surface area contributed by atoms with Gasteiger partial charge in [0.2, 0.25) is 0 Å². The monoisotopic (exact) mass is 223 g/mol. The number of aromatic nitrogens is 2. The van der Waals surface area contributed by atoms with Gasteiger partial charge in [0, 0.05) is 19.2 Å². The average Bonchev–Trinajstić information content (AvgIpc) is 2.29. The Morgan fingerprint density at radius 1 is 1.50 bits per heavy atom. The number of aliphatic hydroxyl groups excluding tert-OH is 1. The minimum atomic E-state index is -1.07. The van der Waals surface area contributed by atoms with Gasteiger partial charge in [-0.15, -0.1) is 0 Å². The molecule has 16 heavy (non-hydrogen) atoms. The van der Waals surface area contributed by atoms with E-state index in [-0.39, 0.29) is 11.8 Å². The van der Waals surface area contributed by atoms with Gasteiger partial charge in [0.05, 0.1) is 6.10 Å². The van der Waals surface area contributed by atoms with Crippen LogP contribution in [0.3, 0.4) is 0 Å². The molecule has 0 saturated carbocycles. The summed E-state index contributed by atoms with van der Waals surface area (Å²) in [6.07, 6.45) is 2.54. The third kappa shape index (κ3) is 2.27. The zero-order valence-corrected chi connectivity index (χ0v) is 8.70. The first kappa shape index (κ1) is 10.8. The molecule has 0 spiro atoms. The van der Waals surface area contributed by atoms with Crippen molar-refractivity contribution >= 4 is 11.8 Å². The molecular formula is C10H13N3O3. The lowest BCUT2D eigenvalue weighted by Gasteiger charge is -2.30. The predicted molar refractivity (Wildman–Crippen MR) is 56.4 cm³/mol. The number of β-amino-alcohol motifs (C(OH)–C–C–N with tert-alkyl or cyclic N) is 1. The molecule has 0 unspecified atom stereocenters. The van der Waals surface area contributed by atoms with Gasteiger partial charge in [0.15, 0.2) is 5.69 Å². The maximum absolute atomic E-state index is 10.7. The number of carbonyl (C=O) groups is 1. The predicted octanol–water partition coefficient (Wildman–Crippen LogP) is 0.136. The Morgan fingerprint density at radius 2 is 2.31 bits per heavy atom. The highest BCUT2D eigenvalue weighted by Gasteiger charge is 2.19. The number of piperidine rings is 1. The molecule has 2 heterocycles. The second-order valence-corrected chi connectivity index (χ2v) is 3.81. The van der Waals surface area contributed by atoms with Gasteiger partial charge in [-0.3, -0.25) is 0 Å². The SMILES string of the molecule is O=C(O)c1cc(N2CCC[C@H](O)C2)ncn1. The molecule has 1 aromatic rings. The summed E-state index contributed by atoms with van der Waals surface area (Å²) in [4.78, 5) is 20.3. The second-order valence-electron chi connectivity index (χ2n) is 3.81. The number of hydrogen-bond acceptors (Lipinski definition) is 5. The fraction of sp³-hybridized carbons (Fsp3) is 0.500. The van der Waals surface area contributed by atoms with Crippen molar-refractivity contribution in [2.45, 2.75) is 18.9 Å². The van der Waals surface area contributed by atoms with Crippen LogP contribution >= 0.6 is 0 Å². The normalized spacial score (nSPS) is 20.8. The van der Waals surface area contributed by atoms with Crippen LogP contribution in [-0.2, 0) is 0 Å². The lowest BCUT2D eigenvalue weighted by Crippen LogP contribution is -2.38. The van der Waals surface area contributed by atoms with E-state index in [4.69, 9.17) is 5.11 Å². The molecule has 1 aliphatic heterocycles.